The van der Waals surface area contributed by atoms with Crippen molar-refractivity contribution in [2.45, 2.75) is 89.1 Å². The van der Waals surface area contributed by atoms with Crippen molar-refractivity contribution in [1.82, 2.24) is 0 Å². The topological polar surface area (TPSA) is 20.2 Å². The van der Waals surface area contributed by atoms with Gasteiger partial charge in [-0.25, -0.2) is 0 Å². The summed E-state index contributed by atoms with van der Waals surface area (Å²) in [6.45, 7) is 7.04. The summed E-state index contributed by atoms with van der Waals surface area (Å²) in [5, 5.41) is 10.9. The zero-order valence-corrected chi connectivity index (χ0v) is 19.0. The minimum atomic E-state index is -2.13. The van der Waals surface area contributed by atoms with E-state index in [9.17, 15) is 5.11 Å². The van der Waals surface area contributed by atoms with Gasteiger partial charge in [0.2, 0.25) is 0 Å². The van der Waals surface area contributed by atoms with Crippen LogP contribution in [-0.2, 0) is 0 Å². The Morgan fingerprint density at radius 3 is 1.88 bits per heavy atom. The maximum absolute atomic E-state index is 10.9. The van der Waals surface area contributed by atoms with Gasteiger partial charge in [0, 0.05) is 0 Å². The van der Waals surface area contributed by atoms with E-state index in [2.05, 4.69) is 45.0 Å². The van der Waals surface area contributed by atoms with Gasteiger partial charge >= 0.3 is 154 Å². The fraction of sp³-hybridized carbons (Fsp3) is 0.727. The molecule has 1 N–H and O–H groups in total. The molecule has 1 aliphatic rings. The van der Waals surface area contributed by atoms with E-state index in [0.29, 0.717) is 5.92 Å². The van der Waals surface area contributed by atoms with E-state index in [4.69, 9.17) is 0 Å². The first kappa shape index (κ1) is 20.3. The van der Waals surface area contributed by atoms with Crippen molar-refractivity contribution in [3.63, 3.8) is 0 Å². The summed E-state index contributed by atoms with van der Waals surface area (Å²) in [5.41, 5.74) is 1.15. The van der Waals surface area contributed by atoms with Gasteiger partial charge in [0.05, 0.1) is 0 Å². The number of benzene rings is 1. The molecule has 1 fully saturated rings. The minimum absolute atomic E-state index is 0.211. The van der Waals surface area contributed by atoms with Gasteiger partial charge in [0.25, 0.3) is 0 Å². The SMILES string of the molecule is CCC[CH2][Sn]([CH2]CCC)([CH2]CCC)[C@@H]1C[C@H]1C(O)c1ccccc1. The Bertz CT molecular complexity index is 437. The summed E-state index contributed by atoms with van der Waals surface area (Å²) in [4.78, 5) is 0. The molecule has 0 spiro atoms. The van der Waals surface area contributed by atoms with Crippen molar-refractivity contribution < 1.29 is 5.11 Å². The van der Waals surface area contributed by atoms with Gasteiger partial charge in [0.15, 0.2) is 0 Å². The van der Waals surface area contributed by atoms with Crippen LogP contribution in [0.3, 0.4) is 0 Å². The molecule has 0 amide bonds. The van der Waals surface area contributed by atoms with Gasteiger partial charge in [-0.05, 0) is 0 Å². The Balaban J connectivity index is 2.11. The molecular formula is C22H38OSn. The third kappa shape index (κ3) is 5.24. The zero-order chi connectivity index (χ0) is 17.4. The summed E-state index contributed by atoms with van der Waals surface area (Å²) in [7, 11) is 0. The van der Waals surface area contributed by atoms with Crippen molar-refractivity contribution >= 4 is 18.4 Å². The molecule has 0 heterocycles. The van der Waals surface area contributed by atoms with E-state index in [0.717, 1.165) is 9.50 Å². The molecule has 3 atom stereocenters. The fourth-order valence-electron chi connectivity index (χ4n) is 4.68. The molecule has 1 aliphatic carbocycles. The maximum atomic E-state index is 10.9. The third-order valence-electron chi connectivity index (χ3n) is 6.26. The van der Waals surface area contributed by atoms with E-state index in [-0.39, 0.29) is 6.10 Å². The van der Waals surface area contributed by atoms with Crippen molar-refractivity contribution in [2.75, 3.05) is 0 Å². The molecule has 1 saturated carbocycles. The molecule has 0 aliphatic heterocycles. The Hall–Kier alpha value is -0.0213. The van der Waals surface area contributed by atoms with Crippen LogP contribution in [0.5, 0.6) is 0 Å². The van der Waals surface area contributed by atoms with E-state index in [1.54, 1.807) is 13.3 Å². The second-order valence-electron chi connectivity index (χ2n) is 8.03. The number of aliphatic hydroxyl groups is 1. The Morgan fingerprint density at radius 1 is 0.917 bits per heavy atom. The van der Waals surface area contributed by atoms with Crippen LogP contribution in [0.15, 0.2) is 30.3 Å². The predicted molar refractivity (Wildman–Crippen MR) is 108 cm³/mol. The molecule has 2 heteroatoms. The number of hydrogen-bond acceptors (Lipinski definition) is 1. The van der Waals surface area contributed by atoms with E-state index < -0.39 is 18.4 Å². The van der Waals surface area contributed by atoms with Crippen LogP contribution in [-0.4, -0.2) is 23.5 Å². The summed E-state index contributed by atoms with van der Waals surface area (Å²) in [5.74, 6) is 0.578. The standard InChI is InChI=1S/C10H11O.3C4H9.Sn/c11-10(9-6-7-9)8-4-2-1-3-5-8;3*1-3-4-2;/h1-6,9-11H,7H2;3*1,3-4H2,2H3;/t9-,10?;;;;/m0..../s1. The monoisotopic (exact) mass is 438 g/mol. The van der Waals surface area contributed by atoms with Gasteiger partial charge < -0.3 is 0 Å². The molecule has 1 aromatic rings. The molecular weight excluding hydrogens is 399 g/mol. The second-order valence-corrected chi connectivity index (χ2v) is 22.2. The first-order valence-corrected chi connectivity index (χ1v) is 18.1. The summed E-state index contributed by atoms with van der Waals surface area (Å²) < 4.78 is 5.68. The van der Waals surface area contributed by atoms with E-state index >= 15 is 0 Å². The fourth-order valence-corrected chi connectivity index (χ4v) is 24.4. The summed E-state index contributed by atoms with van der Waals surface area (Å²) in [6.07, 6.45) is 9.46. The van der Waals surface area contributed by atoms with Gasteiger partial charge in [0.1, 0.15) is 0 Å². The number of aliphatic hydroxyl groups excluding tert-OH is 1. The molecule has 2 rings (SSSR count). The molecule has 1 nitrogen and oxygen atoms in total. The van der Waals surface area contributed by atoms with Gasteiger partial charge in [-0.1, -0.05) is 0 Å². The van der Waals surface area contributed by atoms with Crippen molar-refractivity contribution in [2.24, 2.45) is 5.92 Å². The molecule has 0 saturated heterocycles. The normalized spacial score (nSPS) is 21.7. The molecule has 136 valence electrons. The van der Waals surface area contributed by atoms with Crippen molar-refractivity contribution in [3.8, 4) is 0 Å². The Kier molecular flexibility index (Phi) is 8.63. The van der Waals surface area contributed by atoms with Crippen molar-refractivity contribution in [3.05, 3.63) is 35.9 Å². The van der Waals surface area contributed by atoms with Gasteiger partial charge in [-0.15, -0.1) is 0 Å². The molecule has 0 aromatic heterocycles. The van der Waals surface area contributed by atoms with Crippen LogP contribution in [0.1, 0.15) is 77.4 Å². The number of hydrogen-bond donors (Lipinski definition) is 1. The molecule has 1 unspecified atom stereocenters. The predicted octanol–water partition coefficient (Wildman–Crippen LogP) is 6.96. The van der Waals surface area contributed by atoms with Crippen LogP contribution in [0.25, 0.3) is 0 Å². The average molecular weight is 437 g/mol. The van der Waals surface area contributed by atoms with Crippen LogP contribution < -0.4 is 0 Å². The third-order valence-corrected chi connectivity index (χ3v) is 24.2. The first-order chi connectivity index (χ1) is 11.7. The van der Waals surface area contributed by atoms with Gasteiger partial charge in [-0.2, -0.15) is 0 Å². The Labute approximate surface area is 154 Å². The van der Waals surface area contributed by atoms with E-state index in [1.807, 2.05) is 6.07 Å². The Morgan fingerprint density at radius 2 is 1.42 bits per heavy atom. The summed E-state index contributed by atoms with van der Waals surface area (Å²) in [6, 6.07) is 10.4. The quantitative estimate of drug-likeness (QED) is 0.351. The second kappa shape index (κ2) is 10.2. The van der Waals surface area contributed by atoms with Crippen LogP contribution >= 0.6 is 0 Å². The van der Waals surface area contributed by atoms with Crippen LogP contribution in [0.4, 0.5) is 0 Å². The van der Waals surface area contributed by atoms with Crippen molar-refractivity contribution in [1.29, 1.82) is 0 Å². The first-order valence-electron chi connectivity index (χ1n) is 10.4. The zero-order valence-electron chi connectivity index (χ0n) is 16.1. The molecule has 1 aromatic carbocycles. The van der Waals surface area contributed by atoms with Crippen LogP contribution in [0.2, 0.25) is 17.2 Å². The molecule has 24 heavy (non-hydrogen) atoms. The molecule has 0 bridgehead atoms. The van der Waals surface area contributed by atoms with Gasteiger partial charge in [-0.3, -0.25) is 0 Å². The molecule has 0 radical (unpaired) electrons. The van der Waals surface area contributed by atoms with E-state index in [1.165, 1.54) is 44.9 Å². The van der Waals surface area contributed by atoms with Crippen LogP contribution in [0, 0.1) is 5.92 Å². The number of unbranched alkanes of at least 4 members (excludes halogenated alkanes) is 3. The average Bonchev–Trinajstić information content (AvgIpc) is 3.43. The summed E-state index contributed by atoms with van der Waals surface area (Å²) >= 11 is -2.13. The number of rotatable bonds is 12.